The van der Waals surface area contributed by atoms with E-state index in [1.807, 2.05) is 50.1 Å². The third-order valence-corrected chi connectivity index (χ3v) is 9.24. The number of hydrogen-bond donors (Lipinski definition) is 2. The van der Waals surface area contributed by atoms with Gasteiger partial charge >= 0.3 is 0 Å². The van der Waals surface area contributed by atoms with Gasteiger partial charge < -0.3 is 34.4 Å². The van der Waals surface area contributed by atoms with Crippen molar-refractivity contribution in [1.29, 1.82) is 0 Å². The quantitative estimate of drug-likeness (QED) is 0.287. The molecule has 2 fully saturated rings. The van der Waals surface area contributed by atoms with Crippen LogP contribution in [0.4, 0.5) is 11.4 Å². The number of rotatable bonds is 9. The molecule has 0 bridgehead atoms. The normalized spacial score (nSPS) is 23.7. The summed E-state index contributed by atoms with van der Waals surface area (Å²) in [6.07, 6.45) is 9.11. The molecule has 2 aromatic carbocycles. The van der Waals surface area contributed by atoms with Gasteiger partial charge in [0, 0.05) is 31.4 Å². The van der Waals surface area contributed by atoms with Crippen LogP contribution in [0.15, 0.2) is 52.6 Å². The standard InChI is InChI=1S/C35H42N4O6/c1-5-22-13-24-18-36-27-16-32(31(43-4)15-26(27)34(41)38(24)19-22)45-11-9-7-8-10-44-30-17-28-25(12-21(30)3)35(42)39-20-23(6-2)14-29(39)33(40)37-28/h5-6,12,15-18,24,29,33,37,40H,7-11,13-14,19-20H2,1-4H3/t24-,29-,33?/m0/s1. The molecule has 2 N–H and O–H groups in total. The molecule has 2 saturated heterocycles. The zero-order valence-electron chi connectivity index (χ0n) is 26.5. The van der Waals surface area contributed by atoms with Crippen molar-refractivity contribution in [2.24, 2.45) is 4.99 Å². The number of benzene rings is 2. The Kier molecular flexibility index (Phi) is 8.85. The van der Waals surface area contributed by atoms with Gasteiger partial charge in [-0.3, -0.25) is 14.6 Å². The van der Waals surface area contributed by atoms with E-state index in [1.165, 1.54) is 5.57 Å². The zero-order valence-corrected chi connectivity index (χ0v) is 26.5. The van der Waals surface area contributed by atoms with E-state index < -0.39 is 6.23 Å². The van der Waals surface area contributed by atoms with Gasteiger partial charge in [0.25, 0.3) is 11.8 Å². The first-order chi connectivity index (χ1) is 21.8. The Labute approximate surface area is 264 Å². The van der Waals surface area contributed by atoms with Crippen LogP contribution in [0, 0.1) is 6.92 Å². The fourth-order valence-electron chi connectivity index (χ4n) is 6.55. The zero-order chi connectivity index (χ0) is 31.7. The molecular formula is C35H42N4O6. The molecule has 10 nitrogen and oxygen atoms in total. The van der Waals surface area contributed by atoms with E-state index in [0.717, 1.165) is 36.8 Å². The number of aliphatic hydroxyl groups is 1. The summed E-state index contributed by atoms with van der Waals surface area (Å²) < 4.78 is 17.8. The smallest absolute Gasteiger partial charge is 0.257 e. The molecule has 0 radical (unpaired) electrons. The molecule has 4 aliphatic rings. The first kappa shape index (κ1) is 30.7. The number of amides is 2. The van der Waals surface area contributed by atoms with Crippen LogP contribution in [0.25, 0.3) is 0 Å². The number of hydrogen-bond acceptors (Lipinski definition) is 8. The van der Waals surface area contributed by atoms with Crippen LogP contribution in [0.3, 0.4) is 0 Å². The Hall–Kier alpha value is -4.31. The van der Waals surface area contributed by atoms with Gasteiger partial charge in [-0.1, -0.05) is 23.3 Å². The van der Waals surface area contributed by atoms with E-state index in [2.05, 4.69) is 16.4 Å². The SMILES string of the molecule is CC=C1C[C@H]2C=Nc3cc(OCCCCCOc4cc5c(cc4C)C(=O)N4CC(=CC)C[C@H]4C(O)N5)c(OC)cc3C(=O)N2C1. The fraction of sp³-hybridized carbons (Fsp3) is 0.457. The van der Waals surface area contributed by atoms with Crippen LogP contribution in [0.1, 0.15) is 72.2 Å². The Morgan fingerprint density at radius 2 is 1.58 bits per heavy atom. The van der Waals surface area contributed by atoms with E-state index in [4.69, 9.17) is 14.2 Å². The second kappa shape index (κ2) is 13.0. The molecule has 0 aliphatic carbocycles. The summed E-state index contributed by atoms with van der Waals surface area (Å²) in [6.45, 7) is 8.08. The Balaban J connectivity index is 1.01. The summed E-state index contributed by atoms with van der Waals surface area (Å²) in [5.41, 5.74) is 5.56. The highest BCUT2D eigenvalue weighted by Gasteiger charge is 2.40. The van der Waals surface area contributed by atoms with Crippen LogP contribution in [-0.4, -0.2) is 84.7 Å². The first-order valence-electron chi connectivity index (χ1n) is 15.8. The lowest BCUT2D eigenvalue weighted by atomic mass is 10.1. The van der Waals surface area contributed by atoms with E-state index >= 15 is 0 Å². The third-order valence-electron chi connectivity index (χ3n) is 9.24. The minimum absolute atomic E-state index is 0.0296. The predicted molar refractivity (Wildman–Crippen MR) is 173 cm³/mol. The van der Waals surface area contributed by atoms with Crippen molar-refractivity contribution in [1.82, 2.24) is 9.80 Å². The van der Waals surface area contributed by atoms with Gasteiger partial charge in [-0.2, -0.15) is 0 Å². The molecule has 10 heteroatoms. The highest BCUT2D eigenvalue weighted by atomic mass is 16.5. The second-order valence-corrected chi connectivity index (χ2v) is 12.1. The molecule has 0 aromatic heterocycles. The number of aliphatic hydroxyl groups excluding tert-OH is 1. The lowest BCUT2D eigenvalue weighted by molar-refractivity contribution is 0.0582. The van der Waals surface area contributed by atoms with Gasteiger partial charge in [0.2, 0.25) is 0 Å². The van der Waals surface area contributed by atoms with E-state index in [0.29, 0.717) is 72.5 Å². The maximum Gasteiger partial charge on any atom is 0.257 e. The molecule has 2 aromatic rings. The number of methoxy groups -OCH3 is 1. The molecule has 4 heterocycles. The lowest BCUT2D eigenvalue weighted by Gasteiger charge is -2.24. The lowest BCUT2D eigenvalue weighted by Crippen LogP contribution is -2.43. The van der Waals surface area contributed by atoms with Gasteiger partial charge in [0.1, 0.15) is 12.0 Å². The van der Waals surface area contributed by atoms with Gasteiger partial charge in [-0.15, -0.1) is 0 Å². The Morgan fingerprint density at radius 1 is 0.889 bits per heavy atom. The van der Waals surface area contributed by atoms with E-state index in [1.54, 1.807) is 24.1 Å². The average Bonchev–Trinajstić information content (AvgIpc) is 3.63. The molecule has 0 spiro atoms. The summed E-state index contributed by atoms with van der Waals surface area (Å²) in [4.78, 5) is 34.9. The topological polar surface area (TPSA) is 113 Å². The van der Waals surface area contributed by atoms with Crippen molar-refractivity contribution >= 4 is 29.4 Å². The number of allylic oxidation sites excluding steroid dienone is 2. The number of carbonyl (C=O) groups is 2. The molecule has 4 aliphatic heterocycles. The van der Waals surface area contributed by atoms with Gasteiger partial charge in [0.05, 0.1) is 54.9 Å². The van der Waals surface area contributed by atoms with Crippen LogP contribution in [0.2, 0.25) is 0 Å². The Morgan fingerprint density at radius 3 is 2.31 bits per heavy atom. The molecule has 2 amide bonds. The van der Waals surface area contributed by atoms with E-state index in [9.17, 15) is 14.7 Å². The highest BCUT2D eigenvalue weighted by Crippen LogP contribution is 2.39. The van der Waals surface area contributed by atoms with Crippen molar-refractivity contribution in [3.05, 3.63) is 64.3 Å². The van der Waals surface area contributed by atoms with Gasteiger partial charge in [-0.05, 0) is 70.6 Å². The summed E-state index contributed by atoms with van der Waals surface area (Å²) in [5, 5.41) is 14.0. The number of aliphatic imine (C=N–C) groups is 1. The third kappa shape index (κ3) is 6.03. The number of carbonyl (C=O) groups excluding carboxylic acids is 2. The molecular weight excluding hydrogens is 572 g/mol. The number of anilines is 1. The number of nitrogens with one attached hydrogen (secondary N) is 1. The largest absolute Gasteiger partial charge is 0.493 e. The summed E-state index contributed by atoms with van der Waals surface area (Å²) in [5.74, 6) is 1.67. The summed E-state index contributed by atoms with van der Waals surface area (Å²) in [6, 6.07) is 6.90. The monoisotopic (exact) mass is 614 g/mol. The maximum absolute atomic E-state index is 13.3. The minimum Gasteiger partial charge on any atom is -0.493 e. The average molecular weight is 615 g/mol. The van der Waals surface area contributed by atoms with Crippen LogP contribution in [-0.2, 0) is 0 Å². The van der Waals surface area contributed by atoms with Crippen molar-refractivity contribution in [3.8, 4) is 17.2 Å². The Bertz CT molecular complexity index is 1580. The first-order valence-corrected chi connectivity index (χ1v) is 15.8. The number of fused-ring (bicyclic) bond motifs is 4. The molecule has 238 valence electrons. The number of unbranched alkanes of at least 4 members (excludes halogenated alkanes) is 2. The number of ether oxygens (including phenoxy) is 3. The van der Waals surface area contributed by atoms with Crippen LogP contribution in [0.5, 0.6) is 17.2 Å². The number of aryl methyl sites for hydroxylation is 1. The fourth-order valence-corrected chi connectivity index (χ4v) is 6.55. The van der Waals surface area contributed by atoms with Crippen LogP contribution < -0.4 is 19.5 Å². The van der Waals surface area contributed by atoms with E-state index in [-0.39, 0.29) is 23.9 Å². The number of nitrogens with zero attached hydrogens (tertiary/aromatic N) is 3. The summed E-state index contributed by atoms with van der Waals surface area (Å²) >= 11 is 0. The van der Waals surface area contributed by atoms with Crippen molar-refractivity contribution in [2.75, 3.05) is 38.7 Å². The maximum atomic E-state index is 13.3. The second-order valence-electron chi connectivity index (χ2n) is 12.1. The molecule has 45 heavy (non-hydrogen) atoms. The van der Waals surface area contributed by atoms with Gasteiger partial charge in [0.15, 0.2) is 11.5 Å². The van der Waals surface area contributed by atoms with Crippen molar-refractivity contribution < 1.29 is 28.9 Å². The minimum atomic E-state index is -0.849. The molecule has 6 rings (SSSR count). The van der Waals surface area contributed by atoms with Gasteiger partial charge in [-0.25, -0.2) is 0 Å². The van der Waals surface area contributed by atoms with Crippen LogP contribution >= 0.6 is 0 Å². The summed E-state index contributed by atoms with van der Waals surface area (Å²) in [7, 11) is 1.58. The van der Waals surface area contributed by atoms with Crippen molar-refractivity contribution in [2.45, 2.75) is 71.2 Å². The highest BCUT2D eigenvalue weighted by molar-refractivity contribution is 6.04. The van der Waals surface area contributed by atoms with Crippen molar-refractivity contribution in [3.63, 3.8) is 0 Å². The molecule has 3 atom stereocenters. The molecule has 1 unspecified atom stereocenters. The molecule has 0 saturated carbocycles. The predicted octanol–water partition coefficient (Wildman–Crippen LogP) is 5.41.